The fraction of sp³-hybridized carbons (Fsp3) is 0.480. The predicted octanol–water partition coefficient (Wildman–Crippen LogP) is 3.05. The lowest BCUT2D eigenvalue weighted by molar-refractivity contribution is 0.300. The van der Waals surface area contributed by atoms with Gasteiger partial charge in [0.1, 0.15) is 5.82 Å². The van der Waals surface area contributed by atoms with Crippen molar-refractivity contribution in [2.24, 2.45) is 17.6 Å². The summed E-state index contributed by atoms with van der Waals surface area (Å²) in [5.74, 6) is 1.85. The van der Waals surface area contributed by atoms with Gasteiger partial charge < -0.3 is 20.2 Å². The number of sulfonamides is 1. The van der Waals surface area contributed by atoms with E-state index in [0.717, 1.165) is 22.5 Å². The van der Waals surface area contributed by atoms with Gasteiger partial charge in [-0.3, -0.25) is 4.31 Å². The second-order valence-corrected chi connectivity index (χ2v) is 12.4. The highest BCUT2D eigenvalue weighted by Crippen LogP contribution is 2.41. The van der Waals surface area contributed by atoms with Crippen LogP contribution in [-0.2, 0) is 22.0 Å². The smallest absolute Gasteiger partial charge is 0.249 e. The van der Waals surface area contributed by atoms with Gasteiger partial charge in [0.15, 0.2) is 5.82 Å². The summed E-state index contributed by atoms with van der Waals surface area (Å²) < 4.78 is 31.8. The fourth-order valence-corrected chi connectivity index (χ4v) is 5.00. The van der Waals surface area contributed by atoms with Gasteiger partial charge in [-0.05, 0) is 43.2 Å². The van der Waals surface area contributed by atoms with Crippen LogP contribution in [0.3, 0.4) is 0 Å². The van der Waals surface area contributed by atoms with E-state index in [0.29, 0.717) is 42.7 Å². The summed E-state index contributed by atoms with van der Waals surface area (Å²) in [6.45, 7) is 4.88. The van der Waals surface area contributed by atoms with E-state index in [1.807, 2.05) is 35.2 Å². The van der Waals surface area contributed by atoms with Crippen LogP contribution < -0.4 is 14.9 Å². The molecule has 2 unspecified atom stereocenters. The average molecular weight is 549 g/mol. The monoisotopic (exact) mass is 548 g/mol. The first kappa shape index (κ1) is 27.3. The van der Waals surface area contributed by atoms with Gasteiger partial charge in [-0.1, -0.05) is 48.9 Å². The van der Waals surface area contributed by atoms with Crippen molar-refractivity contribution in [1.29, 1.82) is 0 Å². The Morgan fingerprint density at radius 3 is 2.54 bits per heavy atom. The Labute approximate surface area is 222 Å². The summed E-state index contributed by atoms with van der Waals surface area (Å²) in [6.07, 6.45) is 2.63. The van der Waals surface area contributed by atoms with Gasteiger partial charge in [0.25, 0.3) is 0 Å². The number of aliphatic hydroxyl groups is 1. The van der Waals surface area contributed by atoms with Crippen LogP contribution in [0.2, 0.25) is 5.02 Å². The maximum absolute atomic E-state index is 12.4. The number of pyridine rings is 1. The fourth-order valence-electron chi connectivity index (χ4n) is 4.20. The number of aromatic nitrogens is 3. The van der Waals surface area contributed by atoms with Crippen molar-refractivity contribution in [3.05, 3.63) is 52.9 Å². The summed E-state index contributed by atoms with van der Waals surface area (Å²) in [5, 5.41) is 18.2. The van der Waals surface area contributed by atoms with Crippen molar-refractivity contribution in [3.8, 4) is 11.5 Å². The lowest BCUT2D eigenvalue weighted by Crippen LogP contribution is -2.35. The molecule has 0 aliphatic heterocycles. The molecule has 0 spiro atoms. The SMILES string of the molecule is CC1CC1CN(CCO)c1cc(-c2nnc([C@](C)(N)Cc3ccccc3)o2)c(Cl)c(N(C)S(C)(=O)=O)n1. The summed E-state index contributed by atoms with van der Waals surface area (Å²) in [5.41, 5.74) is 6.96. The molecule has 0 bridgehead atoms. The number of benzene rings is 1. The van der Waals surface area contributed by atoms with E-state index in [1.54, 1.807) is 13.0 Å². The van der Waals surface area contributed by atoms with E-state index in [2.05, 4.69) is 22.1 Å². The number of anilines is 2. The minimum atomic E-state index is -3.67. The first-order valence-electron chi connectivity index (χ1n) is 12.1. The molecule has 1 aromatic carbocycles. The van der Waals surface area contributed by atoms with Crippen molar-refractivity contribution >= 4 is 33.3 Å². The maximum Gasteiger partial charge on any atom is 0.249 e. The molecular formula is C25H33ClN6O4S. The highest BCUT2D eigenvalue weighted by atomic mass is 35.5. The molecule has 4 rings (SSSR count). The Morgan fingerprint density at radius 1 is 1.27 bits per heavy atom. The normalized spacial score (nSPS) is 18.9. The quantitative estimate of drug-likeness (QED) is 0.370. The molecule has 0 saturated heterocycles. The van der Waals surface area contributed by atoms with Crippen LogP contribution in [-0.4, -0.2) is 61.7 Å². The molecule has 12 heteroatoms. The summed E-state index contributed by atoms with van der Waals surface area (Å²) in [4.78, 5) is 6.50. The van der Waals surface area contributed by atoms with Crippen LogP contribution in [0.1, 0.15) is 31.7 Å². The Hall–Kier alpha value is -2.73. The third-order valence-electron chi connectivity index (χ3n) is 6.71. The predicted molar refractivity (Wildman–Crippen MR) is 144 cm³/mol. The van der Waals surface area contributed by atoms with Crippen LogP contribution in [0, 0.1) is 11.8 Å². The van der Waals surface area contributed by atoms with E-state index in [9.17, 15) is 13.5 Å². The molecule has 2 aromatic heterocycles. The third-order valence-corrected chi connectivity index (χ3v) is 8.25. The van der Waals surface area contributed by atoms with Gasteiger partial charge >= 0.3 is 0 Å². The molecule has 3 aromatic rings. The number of aliphatic hydroxyl groups excluding tert-OH is 1. The number of nitrogens with zero attached hydrogens (tertiary/aromatic N) is 5. The molecule has 1 aliphatic carbocycles. The van der Waals surface area contributed by atoms with Crippen LogP contribution in [0.5, 0.6) is 0 Å². The van der Waals surface area contributed by atoms with Crippen LogP contribution in [0.25, 0.3) is 11.5 Å². The topological polar surface area (TPSA) is 139 Å². The zero-order valence-electron chi connectivity index (χ0n) is 21.4. The average Bonchev–Trinajstić information content (AvgIpc) is 3.29. The molecular weight excluding hydrogens is 516 g/mol. The van der Waals surface area contributed by atoms with Gasteiger partial charge in [0, 0.05) is 20.1 Å². The van der Waals surface area contributed by atoms with E-state index in [-0.39, 0.29) is 29.2 Å². The number of halogens is 1. The molecule has 3 atom stereocenters. The Balaban J connectivity index is 1.76. The lowest BCUT2D eigenvalue weighted by Gasteiger charge is -2.26. The lowest BCUT2D eigenvalue weighted by atomic mass is 9.94. The Kier molecular flexibility index (Phi) is 7.80. The van der Waals surface area contributed by atoms with Crippen molar-refractivity contribution in [3.63, 3.8) is 0 Å². The molecule has 1 saturated carbocycles. The molecule has 0 radical (unpaired) electrons. The van der Waals surface area contributed by atoms with E-state index in [4.69, 9.17) is 21.8 Å². The highest BCUT2D eigenvalue weighted by molar-refractivity contribution is 7.92. The summed E-state index contributed by atoms with van der Waals surface area (Å²) in [7, 11) is -2.29. The second-order valence-electron chi connectivity index (χ2n) is 10.0. The molecule has 200 valence electrons. The van der Waals surface area contributed by atoms with Crippen molar-refractivity contribution in [2.45, 2.75) is 32.2 Å². The molecule has 3 N–H and O–H groups in total. The number of hydrogen-bond acceptors (Lipinski definition) is 9. The van der Waals surface area contributed by atoms with Crippen LogP contribution in [0.4, 0.5) is 11.6 Å². The molecule has 2 heterocycles. The van der Waals surface area contributed by atoms with Crippen molar-refractivity contribution in [2.75, 3.05) is 42.2 Å². The largest absolute Gasteiger partial charge is 0.419 e. The van der Waals surface area contributed by atoms with Crippen LogP contribution >= 0.6 is 11.6 Å². The van der Waals surface area contributed by atoms with Gasteiger partial charge in [0.05, 0.1) is 29.0 Å². The first-order valence-corrected chi connectivity index (χ1v) is 14.3. The van der Waals surface area contributed by atoms with Gasteiger partial charge in [-0.15, -0.1) is 10.2 Å². The molecule has 1 fully saturated rings. The number of nitrogens with two attached hydrogens (primary N) is 1. The Morgan fingerprint density at radius 2 is 1.95 bits per heavy atom. The first-order chi connectivity index (χ1) is 17.4. The third kappa shape index (κ3) is 6.23. The molecule has 10 nitrogen and oxygen atoms in total. The molecule has 0 amide bonds. The number of rotatable bonds is 11. The molecule has 37 heavy (non-hydrogen) atoms. The van der Waals surface area contributed by atoms with Gasteiger partial charge in [0.2, 0.25) is 21.8 Å². The number of hydrogen-bond donors (Lipinski definition) is 2. The standard InChI is InChI=1S/C25H33ClN6O4S/c1-16-12-18(16)15-32(10-11-33)20-13-19(21(26)22(28-20)31(3)37(4,34)35)23-29-30-24(36-23)25(2,27)14-17-8-6-5-7-9-17/h5-9,13,16,18,33H,10-12,14-15,27H2,1-4H3/t16?,18?,25-/m1/s1. The Bertz CT molecular complexity index is 1350. The summed E-state index contributed by atoms with van der Waals surface area (Å²) >= 11 is 6.70. The molecule has 1 aliphatic rings. The van der Waals surface area contributed by atoms with E-state index in [1.165, 1.54) is 7.05 Å². The van der Waals surface area contributed by atoms with Crippen LogP contribution in [0.15, 0.2) is 40.8 Å². The van der Waals surface area contributed by atoms with Crippen molar-refractivity contribution < 1.29 is 17.9 Å². The minimum Gasteiger partial charge on any atom is -0.419 e. The van der Waals surface area contributed by atoms with Crippen molar-refractivity contribution in [1.82, 2.24) is 15.2 Å². The van der Waals surface area contributed by atoms with Gasteiger partial charge in [-0.25, -0.2) is 13.4 Å². The maximum atomic E-state index is 12.4. The van der Waals surface area contributed by atoms with Gasteiger partial charge in [-0.2, -0.15) is 0 Å². The summed E-state index contributed by atoms with van der Waals surface area (Å²) in [6, 6.07) is 11.4. The van der Waals surface area contributed by atoms with E-state index >= 15 is 0 Å². The van der Waals surface area contributed by atoms with E-state index < -0.39 is 15.6 Å². The zero-order valence-corrected chi connectivity index (χ0v) is 23.0. The second kappa shape index (κ2) is 10.6. The minimum absolute atomic E-state index is 0.0306. The highest BCUT2D eigenvalue weighted by Gasteiger charge is 2.35. The zero-order chi connectivity index (χ0) is 27.0.